The standard InChI is InChI=1S/C14H23N3O3S/c1-16(11-12-5-3-7-14(9-12)20-2)21(18,19)17-8-4-6-13(17)10-15/h3,5,7,9,13H,4,6,8,10-11,15H2,1-2H3. The van der Waals surface area contributed by atoms with E-state index >= 15 is 0 Å². The average molecular weight is 313 g/mol. The molecule has 1 saturated heterocycles. The maximum Gasteiger partial charge on any atom is 0.282 e. The number of benzene rings is 1. The molecule has 0 radical (unpaired) electrons. The molecule has 0 amide bonds. The van der Waals surface area contributed by atoms with Crippen LogP contribution in [0.15, 0.2) is 24.3 Å². The lowest BCUT2D eigenvalue weighted by atomic mass is 10.2. The molecule has 0 aliphatic carbocycles. The van der Waals surface area contributed by atoms with Crippen LogP contribution in [-0.2, 0) is 16.8 Å². The first kappa shape index (κ1) is 16.2. The largest absolute Gasteiger partial charge is 0.497 e. The Morgan fingerprint density at radius 3 is 2.90 bits per heavy atom. The van der Waals surface area contributed by atoms with E-state index in [-0.39, 0.29) is 6.04 Å². The predicted octanol–water partition coefficient (Wildman–Crippen LogP) is 0.795. The summed E-state index contributed by atoms with van der Waals surface area (Å²) in [7, 11) is -0.281. The molecular weight excluding hydrogens is 290 g/mol. The van der Waals surface area contributed by atoms with Crippen LogP contribution in [0.5, 0.6) is 5.75 Å². The van der Waals surface area contributed by atoms with Crippen molar-refractivity contribution in [3.05, 3.63) is 29.8 Å². The molecule has 1 aliphatic heterocycles. The average Bonchev–Trinajstić information content (AvgIpc) is 2.96. The zero-order valence-corrected chi connectivity index (χ0v) is 13.3. The fraction of sp³-hybridized carbons (Fsp3) is 0.571. The van der Waals surface area contributed by atoms with Crippen LogP contribution in [0.4, 0.5) is 0 Å². The van der Waals surface area contributed by atoms with Crippen LogP contribution in [0.2, 0.25) is 0 Å². The second-order valence-corrected chi connectivity index (χ2v) is 7.25. The van der Waals surface area contributed by atoms with Crippen molar-refractivity contribution in [1.82, 2.24) is 8.61 Å². The van der Waals surface area contributed by atoms with Crippen LogP contribution in [0.1, 0.15) is 18.4 Å². The molecule has 1 heterocycles. The molecule has 1 fully saturated rings. The first-order chi connectivity index (χ1) is 9.98. The van der Waals surface area contributed by atoms with E-state index in [9.17, 15) is 8.42 Å². The van der Waals surface area contributed by atoms with Gasteiger partial charge in [-0.25, -0.2) is 0 Å². The molecule has 21 heavy (non-hydrogen) atoms. The Kier molecular flexibility index (Phi) is 5.21. The number of hydrogen-bond donors (Lipinski definition) is 1. The lowest BCUT2D eigenvalue weighted by Crippen LogP contribution is -2.46. The van der Waals surface area contributed by atoms with Crippen LogP contribution < -0.4 is 10.5 Å². The maximum absolute atomic E-state index is 12.6. The van der Waals surface area contributed by atoms with Gasteiger partial charge in [0.25, 0.3) is 10.2 Å². The highest BCUT2D eigenvalue weighted by molar-refractivity contribution is 7.86. The van der Waals surface area contributed by atoms with Gasteiger partial charge in [-0.3, -0.25) is 0 Å². The minimum Gasteiger partial charge on any atom is -0.497 e. The molecule has 6 nitrogen and oxygen atoms in total. The number of nitrogens with zero attached hydrogens (tertiary/aromatic N) is 2. The van der Waals surface area contributed by atoms with Gasteiger partial charge in [-0.15, -0.1) is 0 Å². The summed E-state index contributed by atoms with van der Waals surface area (Å²) in [6, 6.07) is 7.34. The van der Waals surface area contributed by atoms with Crippen molar-refractivity contribution >= 4 is 10.2 Å². The van der Waals surface area contributed by atoms with Crippen molar-refractivity contribution in [2.45, 2.75) is 25.4 Å². The third-order valence-corrected chi connectivity index (χ3v) is 5.82. The first-order valence-electron chi connectivity index (χ1n) is 7.05. The molecule has 0 spiro atoms. The van der Waals surface area contributed by atoms with Gasteiger partial charge < -0.3 is 10.5 Å². The SMILES string of the molecule is COc1cccc(CN(C)S(=O)(=O)N2CCCC2CN)c1. The van der Waals surface area contributed by atoms with Crippen molar-refractivity contribution < 1.29 is 13.2 Å². The molecule has 0 saturated carbocycles. The Hall–Kier alpha value is -1.15. The van der Waals surface area contributed by atoms with Gasteiger partial charge in [0.1, 0.15) is 5.75 Å². The summed E-state index contributed by atoms with van der Waals surface area (Å²) >= 11 is 0. The number of rotatable bonds is 6. The third kappa shape index (κ3) is 3.55. The fourth-order valence-corrected chi connectivity index (χ4v) is 4.24. The number of methoxy groups -OCH3 is 1. The Morgan fingerprint density at radius 2 is 2.24 bits per heavy atom. The third-order valence-electron chi connectivity index (χ3n) is 3.82. The second kappa shape index (κ2) is 6.74. The molecule has 1 aliphatic rings. The van der Waals surface area contributed by atoms with Gasteiger partial charge in [-0.05, 0) is 30.5 Å². The minimum absolute atomic E-state index is 0.0808. The zero-order chi connectivity index (χ0) is 15.5. The molecule has 0 bridgehead atoms. The van der Waals surface area contributed by atoms with Crippen molar-refractivity contribution in [1.29, 1.82) is 0 Å². The van der Waals surface area contributed by atoms with Crippen molar-refractivity contribution in [2.75, 3.05) is 27.2 Å². The monoisotopic (exact) mass is 313 g/mol. The van der Waals surface area contributed by atoms with Crippen molar-refractivity contribution in [3.63, 3.8) is 0 Å². The van der Waals surface area contributed by atoms with E-state index in [1.807, 2.05) is 24.3 Å². The molecule has 7 heteroatoms. The smallest absolute Gasteiger partial charge is 0.282 e. The summed E-state index contributed by atoms with van der Waals surface area (Å²) in [5.41, 5.74) is 6.56. The molecule has 2 N–H and O–H groups in total. The Balaban J connectivity index is 2.12. The minimum atomic E-state index is -3.47. The number of nitrogens with two attached hydrogens (primary N) is 1. The summed E-state index contributed by atoms with van der Waals surface area (Å²) in [6.07, 6.45) is 1.71. The predicted molar refractivity (Wildman–Crippen MR) is 82.2 cm³/mol. The normalized spacial score (nSPS) is 20.1. The molecule has 1 aromatic carbocycles. The highest BCUT2D eigenvalue weighted by Gasteiger charge is 2.35. The van der Waals surface area contributed by atoms with E-state index in [1.54, 1.807) is 14.2 Å². The summed E-state index contributed by atoms with van der Waals surface area (Å²) in [4.78, 5) is 0. The Labute approximate surface area is 126 Å². The maximum atomic E-state index is 12.6. The Morgan fingerprint density at radius 1 is 1.48 bits per heavy atom. The van der Waals surface area contributed by atoms with Gasteiger partial charge in [0, 0.05) is 32.7 Å². The lowest BCUT2D eigenvalue weighted by molar-refractivity contribution is 0.344. The molecule has 1 aromatic rings. The van der Waals surface area contributed by atoms with E-state index in [4.69, 9.17) is 10.5 Å². The Bertz CT molecular complexity index is 577. The van der Waals surface area contributed by atoms with Crippen LogP contribution in [0.25, 0.3) is 0 Å². The molecule has 1 atom stereocenters. The summed E-state index contributed by atoms with van der Waals surface area (Å²) in [6.45, 7) is 1.23. The van der Waals surface area contributed by atoms with E-state index in [0.29, 0.717) is 19.6 Å². The van der Waals surface area contributed by atoms with E-state index in [1.165, 1.54) is 8.61 Å². The van der Waals surface area contributed by atoms with Crippen molar-refractivity contribution in [3.8, 4) is 5.75 Å². The fourth-order valence-electron chi connectivity index (χ4n) is 2.64. The van der Waals surface area contributed by atoms with Crippen LogP contribution in [0.3, 0.4) is 0 Å². The van der Waals surface area contributed by atoms with E-state index < -0.39 is 10.2 Å². The topological polar surface area (TPSA) is 75.9 Å². The van der Waals surface area contributed by atoms with Gasteiger partial charge in [0.15, 0.2) is 0 Å². The number of ether oxygens (including phenoxy) is 1. The first-order valence-corrected chi connectivity index (χ1v) is 8.45. The number of hydrogen-bond acceptors (Lipinski definition) is 4. The van der Waals surface area contributed by atoms with E-state index in [0.717, 1.165) is 24.2 Å². The van der Waals surface area contributed by atoms with Crippen LogP contribution in [0, 0.1) is 0 Å². The summed E-state index contributed by atoms with van der Waals surface area (Å²) < 4.78 is 33.3. The molecular formula is C14H23N3O3S. The van der Waals surface area contributed by atoms with Gasteiger partial charge in [-0.1, -0.05) is 12.1 Å². The quantitative estimate of drug-likeness (QED) is 0.842. The molecule has 118 valence electrons. The molecule has 1 unspecified atom stereocenters. The summed E-state index contributed by atoms with van der Waals surface area (Å²) in [5.74, 6) is 0.722. The summed E-state index contributed by atoms with van der Waals surface area (Å²) in [5, 5.41) is 0. The van der Waals surface area contributed by atoms with Gasteiger partial charge in [0.2, 0.25) is 0 Å². The zero-order valence-electron chi connectivity index (χ0n) is 12.5. The van der Waals surface area contributed by atoms with E-state index in [2.05, 4.69) is 0 Å². The molecule has 0 aromatic heterocycles. The lowest BCUT2D eigenvalue weighted by Gasteiger charge is -2.28. The van der Waals surface area contributed by atoms with Gasteiger partial charge in [0.05, 0.1) is 7.11 Å². The van der Waals surface area contributed by atoms with Crippen molar-refractivity contribution in [2.24, 2.45) is 5.73 Å². The van der Waals surface area contributed by atoms with Crippen LogP contribution >= 0.6 is 0 Å². The highest BCUT2D eigenvalue weighted by atomic mass is 32.2. The van der Waals surface area contributed by atoms with Gasteiger partial charge in [-0.2, -0.15) is 17.0 Å². The molecule has 2 rings (SSSR count). The van der Waals surface area contributed by atoms with Gasteiger partial charge >= 0.3 is 0 Å². The second-order valence-electron chi connectivity index (χ2n) is 5.26. The van der Waals surface area contributed by atoms with Crippen LogP contribution in [-0.4, -0.2) is 50.3 Å². The highest BCUT2D eigenvalue weighted by Crippen LogP contribution is 2.23.